The maximum Gasteiger partial charge on any atom is 0.159 e. The zero-order valence-corrected chi connectivity index (χ0v) is 36.7. The van der Waals surface area contributed by atoms with Crippen LogP contribution in [0.4, 0.5) is 34.1 Å². The zero-order valence-electron chi connectivity index (χ0n) is 36.7. The second-order valence-electron chi connectivity index (χ2n) is 18.3. The van der Waals surface area contributed by atoms with E-state index >= 15 is 0 Å². The molecular formula is C61H44N2O2. The van der Waals surface area contributed by atoms with Crippen molar-refractivity contribution in [3.05, 3.63) is 216 Å². The van der Waals surface area contributed by atoms with Crippen molar-refractivity contribution < 1.29 is 8.83 Å². The summed E-state index contributed by atoms with van der Waals surface area (Å²) < 4.78 is 13.4. The third-order valence-corrected chi connectivity index (χ3v) is 13.9. The predicted octanol–water partition coefficient (Wildman–Crippen LogP) is 17.7. The van der Waals surface area contributed by atoms with Crippen LogP contribution in [0, 0.1) is 13.8 Å². The van der Waals surface area contributed by atoms with Crippen molar-refractivity contribution in [2.24, 2.45) is 0 Å². The molecule has 0 fully saturated rings. The summed E-state index contributed by atoms with van der Waals surface area (Å²) in [5.74, 6) is 0. The predicted molar refractivity (Wildman–Crippen MR) is 272 cm³/mol. The topological polar surface area (TPSA) is 32.8 Å². The highest BCUT2D eigenvalue weighted by atomic mass is 16.3. The van der Waals surface area contributed by atoms with Crippen LogP contribution in [0.1, 0.15) is 36.1 Å². The molecule has 310 valence electrons. The third-order valence-electron chi connectivity index (χ3n) is 13.9. The van der Waals surface area contributed by atoms with E-state index in [2.05, 4.69) is 219 Å². The molecule has 0 spiro atoms. The number of furan rings is 2. The third kappa shape index (κ3) is 5.63. The van der Waals surface area contributed by atoms with E-state index in [0.717, 1.165) is 78.0 Å². The molecule has 1 aliphatic rings. The minimum Gasteiger partial charge on any atom is -0.454 e. The van der Waals surface area contributed by atoms with E-state index in [1.54, 1.807) is 0 Å². The van der Waals surface area contributed by atoms with Crippen LogP contribution in [0.5, 0.6) is 0 Å². The molecule has 12 aromatic rings. The van der Waals surface area contributed by atoms with Crippen LogP contribution in [0.2, 0.25) is 0 Å². The van der Waals surface area contributed by atoms with Gasteiger partial charge in [0.15, 0.2) is 11.2 Å². The highest BCUT2D eigenvalue weighted by molar-refractivity contribution is 6.15. The monoisotopic (exact) mass is 836 g/mol. The molecule has 0 atom stereocenters. The number of anilines is 6. The number of para-hydroxylation sites is 4. The molecule has 0 aliphatic heterocycles. The maximum atomic E-state index is 6.75. The molecule has 10 aromatic carbocycles. The Bertz CT molecular complexity index is 3920. The Morgan fingerprint density at radius 1 is 0.369 bits per heavy atom. The van der Waals surface area contributed by atoms with Gasteiger partial charge in [0.25, 0.3) is 0 Å². The summed E-state index contributed by atoms with van der Waals surface area (Å²) in [7, 11) is 0. The van der Waals surface area contributed by atoms with Crippen molar-refractivity contribution in [1.82, 2.24) is 0 Å². The first-order chi connectivity index (χ1) is 31.8. The molecule has 0 N–H and O–H groups in total. The molecule has 13 rings (SSSR count). The summed E-state index contributed by atoms with van der Waals surface area (Å²) in [5, 5.41) is 9.27. The van der Waals surface area contributed by atoms with Crippen molar-refractivity contribution in [2.75, 3.05) is 9.80 Å². The van der Waals surface area contributed by atoms with E-state index in [-0.39, 0.29) is 5.41 Å². The molecule has 0 bridgehead atoms. The van der Waals surface area contributed by atoms with Crippen LogP contribution in [-0.4, -0.2) is 0 Å². The lowest BCUT2D eigenvalue weighted by atomic mass is 9.81. The smallest absolute Gasteiger partial charge is 0.159 e. The minimum atomic E-state index is -0.312. The van der Waals surface area contributed by atoms with Gasteiger partial charge in [-0.1, -0.05) is 129 Å². The van der Waals surface area contributed by atoms with E-state index in [1.165, 1.54) is 54.9 Å². The molecular weight excluding hydrogens is 793 g/mol. The molecule has 0 saturated carbocycles. The summed E-state index contributed by atoms with van der Waals surface area (Å²) in [5.41, 5.74) is 17.2. The molecule has 0 radical (unpaired) electrons. The second-order valence-corrected chi connectivity index (χ2v) is 18.3. The van der Waals surface area contributed by atoms with Gasteiger partial charge in [-0.25, -0.2) is 0 Å². The van der Waals surface area contributed by atoms with Gasteiger partial charge in [0.2, 0.25) is 0 Å². The molecule has 0 unspecified atom stereocenters. The first kappa shape index (κ1) is 37.5. The summed E-state index contributed by atoms with van der Waals surface area (Å²) >= 11 is 0. The highest BCUT2D eigenvalue weighted by Crippen LogP contribution is 2.56. The summed E-state index contributed by atoms with van der Waals surface area (Å²) in [6, 6.07) is 70.5. The van der Waals surface area contributed by atoms with Crippen molar-refractivity contribution in [1.29, 1.82) is 0 Å². The zero-order chi connectivity index (χ0) is 43.6. The Kier molecular flexibility index (Phi) is 8.05. The van der Waals surface area contributed by atoms with Gasteiger partial charge in [-0.3, -0.25) is 0 Å². The van der Waals surface area contributed by atoms with E-state index in [4.69, 9.17) is 8.83 Å². The van der Waals surface area contributed by atoms with E-state index in [9.17, 15) is 0 Å². The lowest BCUT2D eigenvalue weighted by Crippen LogP contribution is -2.17. The molecule has 1 aliphatic carbocycles. The van der Waals surface area contributed by atoms with Gasteiger partial charge < -0.3 is 18.6 Å². The molecule has 2 aromatic heterocycles. The average Bonchev–Trinajstić information content (AvgIpc) is 3.97. The molecule has 65 heavy (non-hydrogen) atoms. The number of hydrogen-bond donors (Lipinski definition) is 0. The number of fused-ring (bicyclic) bond motifs is 12. The highest BCUT2D eigenvalue weighted by Gasteiger charge is 2.38. The van der Waals surface area contributed by atoms with Crippen LogP contribution in [0.3, 0.4) is 0 Å². The Balaban J connectivity index is 1.01. The fraction of sp³-hybridized carbons (Fsp3) is 0.0820. The van der Waals surface area contributed by atoms with E-state index in [0.29, 0.717) is 0 Å². The Hall–Kier alpha value is -8.08. The number of nitrogens with zero attached hydrogens (tertiary/aromatic N) is 2. The van der Waals surface area contributed by atoms with Gasteiger partial charge in [-0.05, 0) is 142 Å². The summed E-state index contributed by atoms with van der Waals surface area (Å²) in [4.78, 5) is 4.77. The van der Waals surface area contributed by atoms with Crippen LogP contribution in [0.15, 0.2) is 203 Å². The quantitative estimate of drug-likeness (QED) is 0.167. The van der Waals surface area contributed by atoms with Crippen molar-refractivity contribution >= 4 is 99.5 Å². The van der Waals surface area contributed by atoms with Gasteiger partial charge in [0.05, 0.1) is 17.1 Å². The largest absolute Gasteiger partial charge is 0.454 e. The second kappa shape index (κ2) is 14.0. The number of rotatable bonds is 6. The minimum absolute atomic E-state index is 0.312. The van der Waals surface area contributed by atoms with Crippen LogP contribution < -0.4 is 9.80 Å². The number of aryl methyl sites for hydroxylation is 2. The molecule has 4 heteroatoms. The lowest BCUT2D eigenvalue weighted by Gasteiger charge is -2.30. The Morgan fingerprint density at radius 3 is 1.52 bits per heavy atom. The Labute approximate surface area is 377 Å². The molecule has 0 amide bonds. The van der Waals surface area contributed by atoms with Crippen LogP contribution in [0.25, 0.3) is 76.5 Å². The van der Waals surface area contributed by atoms with Crippen molar-refractivity contribution in [3.8, 4) is 11.1 Å². The normalized spacial score (nSPS) is 13.0. The molecule has 4 nitrogen and oxygen atoms in total. The molecule has 0 saturated heterocycles. The van der Waals surface area contributed by atoms with Crippen molar-refractivity contribution in [3.63, 3.8) is 0 Å². The fourth-order valence-corrected chi connectivity index (χ4v) is 10.8. The molecule has 2 heterocycles. The summed E-state index contributed by atoms with van der Waals surface area (Å²) in [6.45, 7) is 9.11. The summed E-state index contributed by atoms with van der Waals surface area (Å²) in [6.07, 6.45) is 0. The first-order valence-electron chi connectivity index (χ1n) is 22.5. The SMILES string of the molecule is Cc1cccc(N(c2ccc3cc4c(cc3c2)C(C)(C)c2cc(N(c3cccc(C)c3)c3cccc5c3oc3ccccc35)c3ccccc3c2-4)c2cccc3c2oc2ccccc23)c1. The van der Waals surface area contributed by atoms with Gasteiger partial charge in [0, 0.05) is 49.4 Å². The first-order valence-corrected chi connectivity index (χ1v) is 22.5. The number of hydrogen-bond acceptors (Lipinski definition) is 4. The van der Waals surface area contributed by atoms with Crippen LogP contribution >= 0.6 is 0 Å². The van der Waals surface area contributed by atoms with Crippen molar-refractivity contribution in [2.45, 2.75) is 33.1 Å². The van der Waals surface area contributed by atoms with Gasteiger partial charge >= 0.3 is 0 Å². The van der Waals surface area contributed by atoms with Gasteiger partial charge in [0.1, 0.15) is 11.2 Å². The van der Waals surface area contributed by atoms with E-state index in [1.807, 2.05) is 12.1 Å². The fourth-order valence-electron chi connectivity index (χ4n) is 10.8. The average molecular weight is 837 g/mol. The Morgan fingerprint density at radius 2 is 0.892 bits per heavy atom. The number of benzene rings is 10. The van der Waals surface area contributed by atoms with Crippen LogP contribution in [-0.2, 0) is 5.41 Å². The standard InChI is InChI=1S/C61H44N2O2/c1-37-15-11-17-41(31-37)62(53-25-13-23-48-45-20-7-9-27-56(45)64-59(48)53)43-30-29-39-34-50-51(35-40(39)33-43)61(3,4)52-36-55(44-19-5-6-22-47(44)58(50)52)63(42-18-12-16-38(2)32-42)54-26-14-24-49-46-21-8-10-28-57(46)65-60(49)54/h5-36H,1-4H3. The van der Waals surface area contributed by atoms with E-state index < -0.39 is 0 Å². The van der Waals surface area contributed by atoms with Gasteiger partial charge in [-0.2, -0.15) is 0 Å². The lowest BCUT2D eigenvalue weighted by molar-refractivity contribution is 0.661. The maximum absolute atomic E-state index is 6.75. The van der Waals surface area contributed by atoms with Gasteiger partial charge in [-0.15, -0.1) is 0 Å².